The molecule has 0 aliphatic rings. The third-order valence-corrected chi connectivity index (χ3v) is 3.10. The molecule has 0 aromatic heterocycles. The second-order valence-corrected chi connectivity index (χ2v) is 4.80. The molecule has 1 atom stereocenters. The van der Waals surface area contributed by atoms with Crippen molar-refractivity contribution in [2.24, 2.45) is 11.1 Å². The third kappa shape index (κ3) is 2.96. The summed E-state index contributed by atoms with van der Waals surface area (Å²) in [6, 6.07) is 4.47. The second kappa shape index (κ2) is 5.47. The summed E-state index contributed by atoms with van der Waals surface area (Å²) in [6.45, 7) is 4.58. The van der Waals surface area contributed by atoms with E-state index in [0.29, 0.717) is 12.3 Å². The monoisotopic (exact) mass is 240 g/mol. The van der Waals surface area contributed by atoms with Crippen LogP contribution in [0.3, 0.4) is 0 Å². The van der Waals surface area contributed by atoms with E-state index in [9.17, 15) is 4.39 Å². The Morgan fingerprint density at radius 3 is 2.59 bits per heavy atom. The first-order chi connectivity index (χ1) is 7.96. The molecule has 17 heavy (non-hydrogen) atoms. The molecule has 96 valence electrons. The Morgan fingerprint density at radius 1 is 1.47 bits per heavy atom. The van der Waals surface area contributed by atoms with Crippen LogP contribution < -0.4 is 15.8 Å². The highest BCUT2D eigenvalue weighted by molar-refractivity contribution is 5.37. The maximum absolute atomic E-state index is 13.4. The predicted octanol–water partition coefficient (Wildman–Crippen LogP) is 2.08. The van der Waals surface area contributed by atoms with E-state index < -0.39 is 0 Å². The molecule has 0 radical (unpaired) electrons. The molecule has 0 spiro atoms. The molecule has 0 heterocycles. The molecule has 0 amide bonds. The Morgan fingerprint density at radius 2 is 2.12 bits per heavy atom. The standard InChI is InChI=1S/C13H21FN2O/c1-13(2,8-15)12(16-3)10-7-9(14)5-6-11(10)17-4/h5-7,12,16H,8,15H2,1-4H3. The molecule has 0 fully saturated rings. The van der Waals surface area contributed by atoms with E-state index in [4.69, 9.17) is 10.5 Å². The summed E-state index contributed by atoms with van der Waals surface area (Å²) >= 11 is 0. The third-order valence-electron chi connectivity index (χ3n) is 3.10. The first kappa shape index (κ1) is 13.9. The number of rotatable bonds is 5. The quantitative estimate of drug-likeness (QED) is 0.828. The smallest absolute Gasteiger partial charge is 0.123 e. The number of hydrogen-bond donors (Lipinski definition) is 2. The number of nitrogens with two attached hydrogens (primary N) is 1. The Balaban J connectivity index is 3.23. The van der Waals surface area contributed by atoms with Gasteiger partial charge in [0, 0.05) is 11.6 Å². The van der Waals surface area contributed by atoms with Crippen molar-refractivity contribution in [3.05, 3.63) is 29.6 Å². The summed E-state index contributed by atoms with van der Waals surface area (Å²) in [5.41, 5.74) is 6.39. The summed E-state index contributed by atoms with van der Waals surface area (Å²) in [6.07, 6.45) is 0. The van der Waals surface area contributed by atoms with E-state index in [1.165, 1.54) is 12.1 Å². The van der Waals surface area contributed by atoms with Crippen molar-refractivity contribution in [1.29, 1.82) is 0 Å². The van der Waals surface area contributed by atoms with Crippen molar-refractivity contribution >= 4 is 0 Å². The van der Waals surface area contributed by atoms with Crippen LogP contribution in [0.2, 0.25) is 0 Å². The minimum Gasteiger partial charge on any atom is -0.496 e. The van der Waals surface area contributed by atoms with Gasteiger partial charge in [0.25, 0.3) is 0 Å². The SMILES string of the molecule is CNC(c1cc(F)ccc1OC)C(C)(C)CN. The van der Waals surface area contributed by atoms with E-state index in [0.717, 1.165) is 5.56 Å². The summed E-state index contributed by atoms with van der Waals surface area (Å²) in [4.78, 5) is 0. The first-order valence-corrected chi connectivity index (χ1v) is 5.67. The van der Waals surface area contributed by atoms with Gasteiger partial charge in [-0.3, -0.25) is 0 Å². The van der Waals surface area contributed by atoms with Crippen molar-refractivity contribution in [2.45, 2.75) is 19.9 Å². The number of ether oxygens (including phenoxy) is 1. The highest BCUT2D eigenvalue weighted by atomic mass is 19.1. The van der Waals surface area contributed by atoms with Gasteiger partial charge in [-0.2, -0.15) is 0 Å². The fourth-order valence-corrected chi connectivity index (χ4v) is 2.02. The summed E-state index contributed by atoms with van der Waals surface area (Å²) in [5, 5.41) is 3.18. The van der Waals surface area contributed by atoms with Crippen LogP contribution in [0.5, 0.6) is 5.75 Å². The minimum absolute atomic E-state index is 0.0573. The van der Waals surface area contributed by atoms with Crippen molar-refractivity contribution in [3.8, 4) is 5.75 Å². The average Bonchev–Trinajstić information content (AvgIpc) is 2.30. The lowest BCUT2D eigenvalue weighted by Gasteiger charge is -2.34. The van der Waals surface area contributed by atoms with Crippen LogP contribution in [0.1, 0.15) is 25.5 Å². The van der Waals surface area contributed by atoms with Crippen molar-refractivity contribution in [2.75, 3.05) is 20.7 Å². The van der Waals surface area contributed by atoms with Gasteiger partial charge in [0.1, 0.15) is 11.6 Å². The summed E-state index contributed by atoms with van der Waals surface area (Å²) in [5.74, 6) is 0.404. The second-order valence-electron chi connectivity index (χ2n) is 4.80. The normalized spacial score (nSPS) is 13.5. The topological polar surface area (TPSA) is 47.3 Å². The fraction of sp³-hybridized carbons (Fsp3) is 0.538. The highest BCUT2D eigenvalue weighted by Crippen LogP contribution is 2.37. The Labute approximate surface area is 102 Å². The fourth-order valence-electron chi connectivity index (χ4n) is 2.02. The molecule has 0 saturated carbocycles. The van der Waals surface area contributed by atoms with Gasteiger partial charge in [0.05, 0.1) is 7.11 Å². The van der Waals surface area contributed by atoms with E-state index in [2.05, 4.69) is 5.32 Å². The molecular formula is C13H21FN2O. The van der Waals surface area contributed by atoms with Crippen molar-refractivity contribution < 1.29 is 9.13 Å². The van der Waals surface area contributed by atoms with E-state index in [-0.39, 0.29) is 17.3 Å². The lowest BCUT2D eigenvalue weighted by Crippen LogP contribution is -2.38. The van der Waals surface area contributed by atoms with Gasteiger partial charge in [-0.1, -0.05) is 13.8 Å². The average molecular weight is 240 g/mol. The number of methoxy groups -OCH3 is 1. The van der Waals surface area contributed by atoms with Crippen molar-refractivity contribution in [1.82, 2.24) is 5.32 Å². The lowest BCUT2D eigenvalue weighted by atomic mass is 9.80. The van der Waals surface area contributed by atoms with Crippen LogP contribution in [0.25, 0.3) is 0 Å². The summed E-state index contributed by atoms with van der Waals surface area (Å²) < 4.78 is 18.6. The number of halogens is 1. The van der Waals surface area contributed by atoms with Crippen LogP contribution in [0.4, 0.5) is 4.39 Å². The van der Waals surface area contributed by atoms with Crippen LogP contribution in [-0.4, -0.2) is 20.7 Å². The van der Waals surface area contributed by atoms with Crippen LogP contribution in [-0.2, 0) is 0 Å². The zero-order valence-electron chi connectivity index (χ0n) is 10.9. The number of benzene rings is 1. The van der Waals surface area contributed by atoms with Gasteiger partial charge < -0.3 is 15.8 Å². The number of hydrogen-bond acceptors (Lipinski definition) is 3. The Bertz CT molecular complexity index is 380. The van der Waals surface area contributed by atoms with E-state index in [1.807, 2.05) is 20.9 Å². The van der Waals surface area contributed by atoms with Crippen molar-refractivity contribution in [3.63, 3.8) is 0 Å². The first-order valence-electron chi connectivity index (χ1n) is 5.67. The highest BCUT2D eigenvalue weighted by Gasteiger charge is 2.30. The molecule has 1 aromatic carbocycles. The van der Waals surface area contributed by atoms with Gasteiger partial charge in [-0.05, 0) is 37.2 Å². The van der Waals surface area contributed by atoms with Gasteiger partial charge in [0.2, 0.25) is 0 Å². The Kier molecular flexibility index (Phi) is 4.48. The predicted molar refractivity (Wildman–Crippen MR) is 67.6 cm³/mol. The summed E-state index contributed by atoms with van der Waals surface area (Å²) in [7, 11) is 3.42. The zero-order valence-corrected chi connectivity index (χ0v) is 10.9. The molecule has 1 aromatic rings. The van der Waals surface area contributed by atoms with Gasteiger partial charge in [0.15, 0.2) is 0 Å². The molecular weight excluding hydrogens is 219 g/mol. The van der Waals surface area contributed by atoms with E-state index in [1.54, 1.807) is 13.2 Å². The molecule has 0 aliphatic heterocycles. The molecule has 0 bridgehead atoms. The molecule has 3 N–H and O–H groups in total. The van der Waals surface area contributed by atoms with Gasteiger partial charge in [-0.15, -0.1) is 0 Å². The minimum atomic E-state index is -0.270. The zero-order chi connectivity index (χ0) is 13.1. The van der Waals surface area contributed by atoms with Crippen LogP contribution >= 0.6 is 0 Å². The maximum Gasteiger partial charge on any atom is 0.123 e. The Hall–Kier alpha value is -1.13. The molecule has 0 saturated heterocycles. The van der Waals surface area contributed by atoms with Crippen LogP contribution in [0.15, 0.2) is 18.2 Å². The molecule has 1 rings (SSSR count). The number of nitrogens with one attached hydrogen (secondary N) is 1. The molecule has 0 aliphatic carbocycles. The molecule has 3 nitrogen and oxygen atoms in total. The van der Waals surface area contributed by atoms with E-state index >= 15 is 0 Å². The maximum atomic E-state index is 13.4. The molecule has 1 unspecified atom stereocenters. The van der Waals surface area contributed by atoms with Gasteiger partial charge in [-0.25, -0.2) is 4.39 Å². The van der Waals surface area contributed by atoms with Crippen LogP contribution in [0, 0.1) is 11.2 Å². The molecule has 4 heteroatoms. The van der Waals surface area contributed by atoms with Gasteiger partial charge >= 0.3 is 0 Å². The lowest BCUT2D eigenvalue weighted by molar-refractivity contribution is 0.257. The largest absolute Gasteiger partial charge is 0.496 e.